The summed E-state index contributed by atoms with van der Waals surface area (Å²) in [7, 11) is 0. The molecular formula is C63H89IN14O11. The first-order valence-electron chi connectivity index (χ1n) is 30.6. The van der Waals surface area contributed by atoms with Gasteiger partial charge in [0.15, 0.2) is 22.7 Å². The minimum absolute atomic E-state index is 0.00166. The van der Waals surface area contributed by atoms with Crippen LogP contribution in [0.25, 0.3) is 11.2 Å². The number of hydrogen-bond acceptors (Lipinski definition) is 19. The number of unbranched alkanes of at least 4 members (excludes halogenated alkanes) is 2. The fraction of sp³-hybridized carbons (Fsp3) is 0.556. The first-order chi connectivity index (χ1) is 42.5. The average Bonchev–Trinajstić information content (AvgIpc) is 2.50. The Labute approximate surface area is 534 Å². The predicted octanol–water partition coefficient (Wildman–Crippen LogP) is 2.85. The molecule has 4 aromatic rings. The number of aromatic nitrogens is 4. The molecular weight excluding hydrogens is 1260 g/mol. The highest BCUT2D eigenvalue weighted by Gasteiger charge is 2.27. The molecule has 2 aromatic carbocycles. The van der Waals surface area contributed by atoms with Gasteiger partial charge < -0.3 is 36.9 Å². The summed E-state index contributed by atoms with van der Waals surface area (Å²) >= 11 is 2.25. The summed E-state index contributed by atoms with van der Waals surface area (Å²) < 4.78 is 1.14. The summed E-state index contributed by atoms with van der Waals surface area (Å²) in [6, 6.07) is 11.6. The number of H-pyrrole nitrogens is 1. The first-order valence-corrected chi connectivity index (χ1v) is 31.7. The molecule has 2 aromatic heterocycles. The van der Waals surface area contributed by atoms with Gasteiger partial charge in [-0.1, -0.05) is 12.1 Å². The number of carbonyl (C=O) groups is 10. The van der Waals surface area contributed by atoms with Gasteiger partial charge in [0.1, 0.15) is 29.2 Å². The third-order valence-corrected chi connectivity index (χ3v) is 15.7. The second kappa shape index (κ2) is 38.3. The molecule has 1 saturated heterocycles. The van der Waals surface area contributed by atoms with E-state index in [1.54, 1.807) is 31.2 Å². The summed E-state index contributed by atoms with van der Waals surface area (Å²) in [5.41, 5.74) is 2.47. The van der Waals surface area contributed by atoms with Crippen LogP contribution in [0.5, 0.6) is 0 Å². The van der Waals surface area contributed by atoms with Crippen molar-refractivity contribution in [2.75, 3.05) is 96.9 Å². The van der Waals surface area contributed by atoms with Crippen molar-refractivity contribution >= 4 is 97.9 Å². The molecule has 3 heterocycles. The van der Waals surface area contributed by atoms with Crippen LogP contribution in [0.2, 0.25) is 0 Å². The number of fused-ring (bicyclic) bond motifs is 1. The summed E-state index contributed by atoms with van der Waals surface area (Å²) in [5.74, 6) is -2.26. The van der Waals surface area contributed by atoms with Crippen LogP contribution in [-0.2, 0) is 56.1 Å². The van der Waals surface area contributed by atoms with Crippen molar-refractivity contribution in [2.45, 2.75) is 137 Å². The van der Waals surface area contributed by atoms with E-state index >= 15 is 0 Å². The predicted molar refractivity (Wildman–Crippen MR) is 346 cm³/mol. The summed E-state index contributed by atoms with van der Waals surface area (Å²) in [6.45, 7) is 14.6. The molecule has 26 heteroatoms. The van der Waals surface area contributed by atoms with Crippen molar-refractivity contribution in [3.63, 3.8) is 0 Å². The number of aryl methyl sites for hydroxylation is 2. The van der Waals surface area contributed by atoms with Gasteiger partial charge in [0, 0.05) is 93.1 Å². The number of nitrogens with zero attached hydrogens (tertiary/aromatic N) is 7. The van der Waals surface area contributed by atoms with Crippen molar-refractivity contribution in [2.24, 2.45) is 0 Å². The molecule has 0 bridgehead atoms. The minimum Gasteiger partial charge on any atom is -0.379 e. The zero-order chi connectivity index (χ0) is 64.8. The maximum absolute atomic E-state index is 14.1. The third kappa shape index (κ3) is 28.0. The van der Waals surface area contributed by atoms with E-state index in [2.05, 4.69) is 86.6 Å². The molecule has 25 nitrogen and oxygen atoms in total. The van der Waals surface area contributed by atoms with Gasteiger partial charge in [0.2, 0.25) is 23.6 Å². The van der Waals surface area contributed by atoms with E-state index in [0.717, 1.165) is 15.6 Å². The Balaban J connectivity index is 1.16. The van der Waals surface area contributed by atoms with Crippen molar-refractivity contribution in [3.05, 3.63) is 91.3 Å². The highest BCUT2D eigenvalue weighted by Crippen LogP contribution is 2.15. The van der Waals surface area contributed by atoms with Gasteiger partial charge >= 0.3 is 0 Å². The third-order valence-electron chi connectivity index (χ3n) is 15.0. The second-order valence-electron chi connectivity index (χ2n) is 23.0. The first kappa shape index (κ1) is 72.5. The van der Waals surface area contributed by atoms with Crippen LogP contribution < -0.4 is 37.5 Å². The second-order valence-corrected chi connectivity index (χ2v) is 24.2. The fourth-order valence-corrected chi connectivity index (χ4v) is 10.5. The highest BCUT2D eigenvalue weighted by molar-refractivity contribution is 14.1. The number of hydrogen-bond donors (Lipinski definition) is 7. The van der Waals surface area contributed by atoms with Gasteiger partial charge in [0.25, 0.3) is 11.5 Å². The van der Waals surface area contributed by atoms with Gasteiger partial charge in [-0.3, -0.25) is 72.3 Å². The lowest BCUT2D eigenvalue weighted by Crippen LogP contribution is -2.51. The quantitative estimate of drug-likeness (QED) is 0.0257. The van der Waals surface area contributed by atoms with Crippen LogP contribution in [-0.4, -0.2) is 208 Å². The number of ketones is 5. The normalized spacial score (nSPS) is 14.9. The Morgan fingerprint density at radius 3 is 1.62 bits per heavy atom. The van der Waals surface area contributed by atoms with Gasteiger partial charge in [-0.15, -0.1) is 0 Å². The molecule has 89 heavy (non-hydrogen) atoms. The van der Waals surface area contributed by atoms with Crippen LogP contribution in [0.4, 0.5) is 5.69 Å². The number of Topliss-reactive ketones (excluding diaryl/α,β-unsaturated/α-hetero) is 5. The molecule has 0 aliphatic carbocycles. The molecule has 1 aliphatic heterocycles. The molecule has 0 spiro atoms. The van der Waals surface area contributed by atoms with Crippen molar-refractivity contribution in [1.82, 2.24) is 66.1 Å². The number of rotatable bonds is 35. The molecule has 1 fully saturated rings. The van der Waals surface area contributed by atoms with E-state index in [1.807, 2.05) is 31.7 Å². The van der Waals surface area contributed by atoms with E-state index in [1.165, 1.54) is 40.8 Å². The average molecular weight is 1350 g/mol. The van der Waals surface area contributed by atoms with E-state index in [0.29, 0.717) is 115 Å². The van der Waals surface area contributed by atoms with Crippen LogP contribution in [0.3, 0.4) is 0 Å². The Hall–Kier alpha value is -7.27. The lowest BCUT2D eigenvalue weighted by atomic mass is 10.0. The standard InChI is InChI=1S/C63H89IN14O11/c1-42(79)38-75-28-30-76(39-43(2)80)32-34-78(35-33-77(31-29-75)40-44(3)81)41-58(86)66-27-10-8-14-55(62(88)74-53(45(4)82)13-7-9-26-65-56(84)15-11-12-48-16-20-50(64)21-17-48)72-57(85)25-24-54(46(5)83)73-61(87)49-18-22-51(23-19-49)67-36-52-37-68-60-59(71-52)63(89)70-47(6)69-60/h16-23,37,53-55,67H,7-15,24-36,38-41H2,1-6H3,(H,65,84)(H,66,86)(H,72,85)(H,73,87)(H,74,88)(H,68,69,70,89)/t53?,54-,55?/m0/s1. The van der Waals surface area contributed by atoms with Crippen LogP contribution in [0.1, 0.15) is 126 Å². The van der Waals surface area contributed by atoms with Crippen molar-refractivity contribution in [1.29, 1.82) is 0 Å². The van der Waals surface area contributed by atoms with E-state index in [4.69, 9.17) is 0 Å². The largest absolute Gasteiger partial charge is 0.379 e. The van der Waals surface area contributed by atoms with Gasteiger partial charge in [-0.2, -0.15) is 0 Å². The molecule has 7 N–H and O–H groups in total. The molecule has 3 atom stereocenters. The number of anilines is 1. The van der Waals surface area contributed by atoms with E-state index < -0.39 is 47.2 Å². The molecule has 1 aliphatic rings. The van der Waals surface area contributed by atoms with Crippen LogP contribution >= 0.6 is 22.6 Å². The van der Waals surface area contributed by atoms with Gasteiger partial charge in [-0.25, -0.2) is 15.0 Å². The zero-order valence-electron chi connectivity index (χ0n) is 52.3. The maximum Gasteiger partial charge on any atom is 0.279 e. The smallest absolute Gasteiger partial charge is 0.279 e. The van der Waals surface area contributed by atoms with Crippen molar-refractivity contribution in [3.8, 4) is 0 Å². The molecule has 0 radical (unpaired) electrons. The summed E-state index contributed by atoms with van der Waals surface area (Å²) in [4.78, 5) is 166. The van der Waals surface area contributed by atoms with Crippen LogP contribution in [0, 0.1) is 10.5 Å². The van der Waals surface area contributed by atoms with Crippen LogP contribution in [0.15, 0.2) is 59.5 Å². The number of nitrogens with one attached hydrogen (secondary N) is 7. The number of amides is 5. The Bertz CT molecular complexity index is 3080. The number of benzene rings is 2. The summed E-state index contributed by atoms with van der Waals surface area (Å²) in [6.07, 6.45) is 5.33. The van der Waals surface area contributed by atoms with Gasteiger partial charge in [-0.05, 0) is 164 Å². The molecule has 5 amide bonds. The Morgan fingerprint density at radius 1 is 0.562 bits per heavy atom. The molecule has 484 valence electrons. The Morgan fingerprint density at radius 2 is 1.08 bits per heavy atom. The number of carbonyl (C=O) groups excluding carboxylic acids is 10. The molecule has 2 unspecified atom stereocenters. The molecule has 5 rings (SSSR count). The van der Waals surface area contributed by atoms with E-state index in [-0.39, 0.29) is 117 Å². The SMILES string of the molecule is CC(=O)CN1CCN(CC(C)=O)CCN(CC(=O)NCCCCC(NC(=O)CC[C@H](NC(=O)c2ccc(NCc3cnc4nc(C)[nH]c(=O)c4n3)cc2)C(C)=O)C(=O)NC(CCCCNC(=O)CCCc2ccc(I)cc2)C(C)=O)CCN(CC(C)=O)CC1. The maximum atomic E-state index is 14.1. The minimum atomic E-state index is -1.11. The number of halogens is 1. The fourth-order valence-electron chi connectivity index (χ4n) is 10.2. The lowest BCUT2D eigenvalue weighted by Gasteiger charge is -2.33. The zero-order valence-corrected chi connectivity index (χ0v) is 54.5. The van der Waals surface area contributed by atoms with E-state index in [9.17, 15) is 52.7 Å². The van der Waals surface area contributed by atoms with Crippen molar-refractivity contribution < 1.29 is 47.9 Å². The summed E-state index contributed by atoms with van der Waals surface area (Å²) in [5, 5.41) is 17.4. The highest BCUT2D eigenvalue weighted by atomic mass is 127. The Kier molecular flexibility index (Phi) is 31.2. The monoisotopic (exact) mass is 1340 g/mol. The lowest BCUT2D eigenvalue weighted by molar-refractivity contribution is -0.131. The molecule has 0 saturated carbocycles. The van der Waals surface area contributed by atoms with Gasteiger partial charge in [0.05, 0.1) is 56.7 Å². The number of aromatic amines is 1. The topological polar surface area (TPSA) is 327 Å².